The van der Waals surface area contributed by atoms with Crippen LogP contribution in [0.1, 0.15) is 49.4 Å². The van der Waals surface area contributed by atoms with Crippen LogP contribution in [0.2, 0.25) is 5.02 Å². The third-order valence-electron chi connectivity index (χ3n) is 6.15. The third kappa shape index (κ3) is 3.43. The molecule has 2 aromatic heterocycles. The van der Waals surface area contributed by atoms with E-state index in [1.807, 2.05) is 0 Å². The minimum atomic E-state index is 0.645. The van der Waals surface area contributed by atoms with Crippen molar-refractivity contribution in [3.63, 3.8) is 0 Å². The summed E-state index contributed by atoms with van der Waals surface area (Å²) < 4.78 is 2.07. The predicted octanol–water partition coefficient (Wildman–Crippen LogP) is 5.11. The molecule has 5 heteroatoms. The molecule has 3 heterocycles. The summed E-state index contributed by atoms with van der Waals surface area (Å²) in [7, 11) is 0. The zero-order valence-corrected chi connectivity index (χ0v) is 16.3. The first-order valence-corrected chi connectivity index (χ1v) is 10.5. The van der Waals surface area contributed by atoms with Crippen molar-refractivity contribution in [3.8, 4) is 0 Å². The molecule has 5 rings (SSSR count). The number of aryl methyl sites for hydroxylation is 1. The summed E-state index contributed by atoms with van der Waals surface area (Å²) in [4.78, 5) is 2.40. The van der Waals surface area contributed by atoms with E-state index < -0.39 is 0 Å². The molecule has 1 saturated carbocycles. The zero-order valence-electron chi connectivity index (χ0n) is 15.5. The lowest BCUT2D eigenvalue weighted by Crippen LogP contribution is -2.33. The summed E-state index contributed by atoms with van der Waals surface area (Å²) in [6, 6.07) is 13.0. The Hall–Kier alpha value is -2.07. The van der Waals surface area contributed by atoms with Gasteiger partial charge in [-0.15, -0.1) is 10.2 Å². The van der Waals surface area contributed by atoms with Gasteiger partial charge in [0, 0.05) is 25.7 Å². The molecule has 140 valence electrons. The molecule has 4 nitrogen and oxygen atoms in total. The predicted molar refractivity (Wildman–Crippen MR) is 110 cm³/mol. The molecule has 1 saturated heterocycles. The molecule has 0 atom stereocenters. The molecule has 0 bridgehead atoms. The van der Waals surface area contributed by atoms with Crippen molar-refractivity contribution in [2.75, 3.05) is 18.0 Å². The van der Waals surface area contributed by atoms with Gasteiger partial charge in [-0.3, -0.25) is 4.40 Å². The van der Waals surface area contributed by atoms with Crippen LogP contribution in [0.15, 0.2) is 42.6 Å². The van der Waals surface area contributed by atoms with E-state index >= 15 is 0 Å². The van der Waals surface area contributed by atoms with Crippen molar-refractivity contribution in [1.82, 2.24) is 14.6 Å². The van der Waals surface area contributed by atoms with Crippen LogP contribution < -0.4 is 4.90 Å². The van der Waals surface area contributed by atoms with Crippen LogP contribution in [-0.2, 0) is 6.42 Å². The van der Waals surface area contributed by atoms with Gasteiger partial charge in [-0.25, -0.2) is 0 Å². The summed E-state index contributed by atoms with van der Waals surface area (Å²) in [5.41, 5.74) is 3.35. The van der Waals surface area contributed by atoms with Gasteiger partial charge in [-0.1, -0.05) is 54.8 Å². The van der Waals surface area contributed by atoms with Gasteiger partial charge in [0.1, 0.15) is 10.8 Å². The van der Waals surface area contributed by atoms with Gasteiger partial charge in [-0.05, 0) is 42.7 Å². The highest BCUT2D eigenvalue weighted by Gasteiger charge is 2.24. The topological polar surface area (TPSA) is 33.4 Å². The fourth-order valence-corrected chi connectivity index (χ4v) is 4.61. The van der Waals surface area contributed by atoms with Gasteiger partial charge in [0.2, 0.25) is 0 Å². The number of fused-ring (bicyclic) bond motifs is 1. The normalized spacial score (nSPS) is 18.3. The van der Waals surface area contributed by atoms with Crippen molar-refractivity contribution in [2.24, 2.45) is 5.92 Å². The van der Waals surface area contributed by atoms with Crippen LogP contribution in [0.5, 0.6) is 0 Å². The molecular formula is C22H25ClN4. The van der Waals surface area contributed by atoms with E-state index in [9.17, 15) is 0 Å². The first-order chi connectivity index (χ1) is 13.3. The SMILES string of the molecule is Clc1c(N2CCC(c3ccccc3)CC2)ccn2c(CCC3CC3)nnc12. The number of pyridine rings is 1. The maximum Gasteiger partial charge on any atom is 0.181 e. The molecule has 27 heavy (non-hydrogen) atoms. The highest BCUT2D eigenvalue weighted by Crippen LogP contribution is 2.36. The summed E-state index contributed by atoms with van der Waals surface area (Å²) in [6.45, 7) is 2.05. The highest BCUT2D eigenvalue weighted by molar-refractivity contribution is 6.36. The minimum absolute atomic E-state index is 0.645. The molecule has 1 aliphatic carbocycles. The van der Waals surface area contributed by atoms with Gasteiger partial charge >= 0.3 is 0 Å². The fraction of sp³-hybridized carbons (Fsp3) is 0.455. The summed E-state index contributed by atoms with van der Waals surface area (Å²) in [5, 5.41) is 9.53. The largest absolute Gasteiger partial charge is 0.370 e. The summed E-state index contributed by atoms with van der Waals surface area (Å²) in [6.07, 6.45) is 9.37. The van der Waals surface area contributed by atoms with E-state index in [2.05, 4.69) is 62.1 Å². The van der Waals surface area contributed by atoms with E-state index in [-0.39, 0.29) is 0 Å². The van der Waals surface area contributed by atoms with E-state index in [0.717, 1.165) is 60.5 Å². The second-order valence-electron chi connectivity index (χ2n) is 7.98. The van der Waals surface area contributed by atoms with Crippen LogP contribution in [0.3, 0.4) is 0 Å². The number of anilines is 1. The molecule has 1 aromatic carbocycles. The summed E-state index contributed by atoms with van der Waals surface area (Å²) >= 11 is 6.75. The van der Waals surface area contributed by atoms with Crippen molar-refractivity contribution >= 4 is 22.9 Å². The third-order valence-corrected chi connectivity index (χ3v) is 6.51. The van der Waals surface area contributed by atoms with Crippen LogP contribution in [0.25, 0.3) is 5.65 Å². The Morgan fingerprint density at radius 3 is 2.48 bits per heavy atom. The molecular weight excluding hydrogens is 356 g/mol. The van der Waals surface area contributed by atoms with E-state index in [4.69, 9.17) is 11.6 Å². The second kappa shape index (κ2) is 7.16. The van der Waals surface area contributed by atoms with Crippen molar-refractivity contribution in [1.29, 1.82) is 0 Å². The Kier molecular flexibility index (Phi) is 4.52. The number of hydrogen-bond donors (Lipinski definition) is 0. The van der Waals surface area contributed by atoms with Crippen molar-refractivity contribution in [2.45, 2.75) is 44.4 Å². The molecule has 0 radical (unpaired) electrons. The van der Waals surface area contributed by atoms with Crippen molar-refractivity contribution in [3.05, 3.63) is 59.0 Å². The lowest BCUT2D eigenvalue weighted by atomic mass is 9.89. The van der Waals surface area contributed by atoms with E-state index in [1.54, 1.807) is 0 Å². The van der Waals surface area contributed by atoms with Gasteiger partial charge in [0.25, 0.3) is 0 Å². The average Bonchev–Trinajstić information content (AvgIpc) is 3.46. The highest BCUT2D eigenvalue weighted by atomic mass is 35.5. The number of piperidine rings is 1. The Bertz CT molecular complexity index is 924. The minimum Gasteiger partial charge on any atom is -0.370 e. The van der Waals surface area contributed by atoms with Gasteiger partial charge in [0.15, 0.2) is 5.65 Å². The Morgan fingerprint density at radius 1 is 0.963 bits per heavy atom. The van der Waals surface area contributed by atoms with E-state index in [1.165, 1.54) is 24.8 Å². The standard InChI is InChI=1S/C22H25ClN4/c23-21-19(26-13-10-18(11-14-26)17-4-2-1-3-5-17)12-15-27-20(24-25-22(21)27)9-8-16-6-7-16/h1-5,12,15-16,18H,6-11,13-14H2. The van der Waals surface area contributed by atoms with Gasteiger partial charge in [0.05, 0.1) is 5.69 Å². The molecule has 1 aliphatic heterocycles. The number of aromatic nitrogens is 3. The number of nitrogens with zero attached hydrogens (tertiary/aromatic N) is 4. The molecule has 0 amide bonds. The lowest BCUT2D eigenvalue weighted by Gasteiger charge is -2.34. The molecule has 0 unspecified atom stereocenters. The lowest BCUT2D eigenvalue weighted by molar-refractivity contribution is 0.505. The smallest absolute Gasteiger partial charge is 0.181 e. The molecule has 0 spiro atoms. The Labute approximate surface area is 165 Å². The average molecular weight is 381 g/mol. The number of halogens is 1. The Morgan fingerprint density at radius 2 is 1.74 bits per heavy atom. The monoisotopic (exact) mass is 380 g/mol. The van der Waals surface area contributed by atoms with Gasteiger partial charge < -0.3 is 4.90 Å². The number of hydrogen-bond acceptors (Lipinski definition) is 3. The molecule has 2 fully saturated rings. The molecule has 0 N–H and O–H groups in total. The molecule has 2 aliphatic rings. The maximum absolute atomic E-state index is 6.75. The van der Waals surface area contributed by atoms with Gasteiger partial charge in [-0.2, -0.15) is 0 Å². The zero-order chi connectivity index (χ0) is 18.2. The first kappa shape index (κ1) is 17.1. The second-order valence-corrected chi connectivity index (χ2v) is 8.36. The number of benzene rings is 1. The number of rotatable bonds is 5. The van der Waals surface area contributed by atoms with Crippen LogP contribution in [-0.4, -0.2) is 27.7 Å². The van der Waals surface area contributed by atoms with Crippen LogP contribution in [0, 0.1) is 5.92 Å². The fourth-order valence-electron chi connectivity index (χ4n) is 4.30. The maximum atomic E-state index is 6.75. The Balaban J connectivity index is 1.32. The molecule has 3 aromatic rings. The van der Waals surface area contributed by atoms with Crippen molar-refractivity contribution < 1.29 is 0 Å². The first-order valence-electron chi connectivity index (χ1n) is 10.1. The van der Waals surface area contributed by atoms with E-state index in [0.29, 0.717) is 5.92 Å². The van der Waals surface area contributed by atoms with Crippen LogP contribution in [0.4, 0.5) is 5.69 Å². The summed E-state index contributed by atoms with van der Waals surface area (Å²) in [5.74, 6) is 2.58. The quantitative estimate of drug-likeness (QED) is 0.616. The van der Waals surface area contributed by atoms with Crippen LogP contribution >= 0.6 is 11.6 Å².